The Morgan fingerprint density at radius 1 is 1.09 bits per heavy atom. The molecule has 2 N–H and O–H groups in total. The second-order valence-electron chi connectivity index (χ2n) is 6.59. The number of nitrogens with one attached hydrogen (secondary N) is 2. The van der Waals surface area contributed by atoms with Gasteiger partial charge in [-0.05, 0) is 48.0 Å². The van der Waals surface area contributed by atoms with Gasteiger partial charge in [-0.15, -0.1) is 0 Å². The monoisotopic (exact) mass is 459 g/mol. The molecule has 0 heterocycles. The zero-order valence-corrected chi connectivity index (χ0v) is 17.6. The van der Waals surface area contributed by atoms with Gasteiger partial charge >= 0.3 is 0 Å². The summed E-state index contributed by atoms with van der Waals surface area (Å²) >= 11 is 0. The number of hydrogen-bond donors (Lipinski definition) is 2. The summed E-state index contributed by atoms with van der Waals surface area (Å²) in [5.74, 6) is -0.878. The van der Waals surface area contributed by atoms with E-state index in [1.54, 1.807) is 6.07 Å². The Labute approximate surface area is 183 Å². The van der Waals surface area contributed by atoms with Crippen molar-refractivity contribution in [2.45, 2.75) is 11.4 Å². The number of hydrogen-bond acceptors (Lipinski definition) is 6. The van der Waals surface area contributed by atoms with E-state index in [0.717, 1.165) is 6.07 Å². The highest BCUT2D eigenvalue weighted by Crippen LogP contribution is 2.21. The molecule has 166 valence electrons. The lowest BCUT2D eigenvalue weighted by molar-refractivity contribution is -0.385. The van der Waals surface area contributed by atoms with Crippen LogP contribution in [0.1, 0.15) is 15.9 Å². The number of carbonyl (C=O) groups excluding carboxylic acids is 1. The van der Waals surface area contributed by atoms with Crippen molar-refractivity contribution in [2.24, 2.45) is 0 Å². The molecule has 0 unspecified atom stereocenters. The third-order valence-electron chi connectivity index (χ3n) is 4.41. The quantitative estimate of drug-likeness (QED) is 0.392. The van der Waals surface area contributed by atoms with Crippen molar-refractivity contribution < 1.29 is 27.3 Å². The lowest BCUT2D eigenvalue weighted by Crippen LogP contribution is -2.22. The first-order valence-corrected chi connectivity index (χ1v) is 10.7. The van der Waals surface area contributed by atoms with Crippen molar-refractivity contribution in [1.29, 1.82) is 0 Å². The van der Waals surface area contributed by atoms with Crippen LogP contribution < -0.4 is 14.8 Å². The predicted molar refractivity (Wildman–Crippen MR) is 114 cm³/mol. The molecule has 11 heteroatoms. The molecule has 0 atom stereocenters. The molecule has 3 rings (SSSR count). The molecular weight excluding hydrogens is 441 g/mol. The van der Waals surface area contributed by atoms with Crippen LogP contribution >= 0.6 is 0 Å². The minimum Gasteiger partial charge on any atom is -0.494 e. The van der Waals surface area contributed by atoms with E-state index in [0.29, 0.717) is 5.56 Å². The maximum atomic E-state index is 13.7. The van der Waals surface area contributed by atoms with Gasteiger partial charge in [-0.1, -0.05) is 12.1 Å². The van der Waals surface area contributed by atoms with Gasteiger partial charge in [0.25, 0.3) is 21.6 Å². The average molecular weight is 459 g/mol. The Morgan fingerprint density at radius 2 is 1.81 bits per heavy atom. The topological polar surface area (TPSA) is 128 Å². The highest BCUT2D eigenvalue weighted by molar-refractivity contribution is 7.92. The van der Waals surface area contributed by atoms with E-state index in [2.05, 4.69) is 10.0 Å². The number of amides is 1. The summed E-state index contributed by atoms with van der Waals surface area (Å²) in [5.41, 5.74) is 0.622. The van der Waals surface area contributed by atoms with E-state index in [9.17, 15) is 27.7 Å². The molecule has 0 radical (unpaired) electrons. The lowest BCUT2D eigenvalue weighted by Gasteiger charge is -2.10. The van der Waals surface area contributed by atoms with E-state index in [1.807, 2.05) is 0 Å². The molecule has 1 amide bonds. The van der Waals surface area contributed by atoms with Gasteiger partial charge in [0, 0.05) is 29.9 Å². The molecule has 32 heavy (non-hydrogen) atoms. The largest absolute Gasteiger partial charge is 0.494 e. The summed E-state index contributed by atoms with van der Waals surface area (Å²) in [5, 5.41) is 13.5. The van der Waals surface area contributed by atoms with Gasteiger partial charge in [0.15, 0.2) is 11.6 Å². The van der Waals surface area contributed by atoms with Crippen LogP contribution in [-0.2, 0) is 16.6 Å². The smallest absolute Gasteiger partial charge is 0.270 e. The third kappa shape index (κ3) is 5.38. The van der Waals surface area contributed by atoms with Crippen LogP contribution in [-0.4, -0.2) is 26.4 Å². The first kappa shape index (κ1) is 22.7. The summed E-state index contributed by atoms with van der Waals surface area (Å²) in [4.78, 5) is 22.2. The van der Waals surface area contributed by atoms with Crippen molar-refractivity contribution in [3.63, 3.8) is 0 Å². The Balaban J connectivity index is 1.65. The Hall–Kier alpha value is -3.99. The third-order valence-corrected chi connectivity index (χ3v) is 5.79. The summed E-state index contributed by atoms with van der Waals surface area (Å²) in [6.45, 7) is 0.0842. The zero-order valence-electron chi connectivity index (χ0n) is 16.7. The number of methoxy groups -OCH3 is 1. The normalized spacial score (nSPS) is 10.9. The maximum absolute atomic E-state index is 13.7. The standard InChI is InChI=1S/C21H18FN3O6S/c1-31-20-10-5-14(11-19(20)22)13-23-21(26)15-6-8-16(9-7-15)24-32(29,30)18-4-2-3-17(12-18)25(27)28/h2-12,24H,13H2,1H3,(H,23,26). The van der Waals surface area contributed by atoms with Gasteiger partial charge in [-0.25, -0.2) is 12.8 Å². The fourth-order valence-electron chi connectivity index (χ4n) is 2.77. The number of carbonyl (C=O) groups is 1. The molecule has 3 aromatic carbocycles. The molecule has 0 aliphatic rings. The van der Waals surface area contributed by atoms with E-state index >= 15 is 0 Å². The number of nitrogens with zero attached hydrogens (tertiary/aromatic N) is 1. The maximum Gasteiger partial charge on any atom is 0.270 e. The number of nitro benzene ring substituents is 1. The number of rotatable bonds is 8. The van der Waals surface area contributed by atoms with Crippen molar-refractivity contribution in [1.82, 2.24) is 5.32 Å². The minimum absolute atomic E-state index is 0.0842. The van der Waals surface area contributed by atoms with E-state index in [4.69, 9.17) is 4.74 Å². The minimum atomic E-state index is -4.06. The molecule has 0 saturated carbocycles. The first-order valence-electron chi connectivity index (χ1n) is 9.17. The van der Waals surface area contributed by atoms with Crippen LogP contribution in [0.2, 0.25) is 0 Å². The first-order chi connectivity index (χ1) is 15.2. The van der Waals surface area contributed by atoms with Gasteiger partial charge in [0.1, 0.15) is 0 Å². The molecule has 0 bridgehead atoms. The van der Waals surface area contributed by atoms with Crippen molar-refractivity contribution in [2.75, 3.05) is 11.8 Å². The molecule has 3 aromatic rings. The van der Waals surface area contributed by atoms with Crippen molar-refractivity contribution >= 4 is 27.3 Å². The fraction of sp³-hybridized carbons (Fsp3) is 0.0952. The summed E-state index contributed by atoms with van der Waals surface area (Å²) in [6, 6.07) is 14.6. The zero-order chi connectivity index (χ0) is 23.3. The molecule has 0 aliphatic heterocycles. The number of benzene rings is 3. The summed E-state index contributed by atoms with van der Waals surface area (Å²) in [7, 11) is -2.70. The van der Waals surface area contributed by atoms with Crippen LogP contribution in [0.4, 0.5) is 15.8 Å². The summed E-state index contributed by atoms with van der Waals surface area (Å²) < 4.78 is 45.8. The second kappa shape index (κ2) is 9.43. The molecule has 0 aromatic heterocycles. The van der Waals surface area contributed by atoms with E-state index in [1.165, 1.54) is 61.7 Å². The molecule has 0 fully saturated rings. The van der Waals surface area contributed by atoms with Crippen LogP contribution in [0.3, 0.4) is 0 Å². The van der Waals surface area contributed by atoms with Gasteiger partial charge in [-0.2, -0.15) is 0 Å². The lowest BCUT2D eigenvalue weighted by atomic mass is 10.1. The number of nitro groups is 1. The Kier molecular flexibility index (Phi) is 6.69. The molecule has 0 aliphatic carbocycles. The number of halogens is 1. The molecular formula is C21H18FN3O6S. The number of anilines is 1. The van der Waals surface area contributed by atoms with Crippen LogP contribution in [0.25, 0.3) is 0 Å². The van der Waals surface area contributed by atoms with Crippen LogP contribution in [0.15, 0.2) is 71.6 Å². The Bertz CT molecular complexity index is 1260. The van der Waals surface area contributed by atoms with Gasteiger partial charge in [0.05, 0.1) is 16.9 Å². The fourth-order valence-corrected chi connectivity index (χ4v) is 3.87. The number of ether oxygens (including phenoxy) is 1. The molecule has 0 saturated heterocycles. The van der Waals surface area contributed by atoms with Gasteiger partial charge in [-0.3, -0.25) is 19.6 Å². The van der Waals surface area contributed by atoms with Gasteiger partial charge in [0.2, 0.25) is 0 Å². The molecule has 9 nitrogen and oxygen atoms in total. The van der Waals surface area contributed by atoms with Crippen molar-refractivity contribution in [3.8, 4) is 5.75 Å². The van der Waals surface area contributed by atoms with Crippen molar-refractivity contribution in [3.05, 3.63) is 93.8 Å². The summed E-state index contributed by atoms with van der Waals surface area (Å²) in [6.07, 6.45) is 0. The van der Waals surface area contributed by atoms with Crippen LogP contribution in [0, 0.1) is 15.9 Å². The highest BCUT2D eigenvalue weighted by Gasteiger charge is 2.18. The predicted octanol–water partition coefficient (Wildman–Crippen LogP) is 3.47. The average Bonchev–Trinajstić information content (AvgIpc) is 2.78. The van der Waals surface area contributed by atoms with Crippen LogP contribution in [0.5, 0.6) is 5.75 Å². The van der Waals surface area contributed by atoms with Gasteiger partial charge < -0.3 is 10.1 Å². The number of non-ortho nitro benzene ring substituents is 1. The van der Waals surface area contributed by atoms with E-state index in [-0.39, 0.29) is 34.1 Å². The highest BCUT2D eigenvalue weighted by atomic mass is 32.2. The Morgan fingerprint density at radius 3 is 2.44 bits per heavy atom. The molecule has 0 spiro atoms. The SMILES string of the molecule is COc1ccc(CNC(=O)c2ccc(NS(=O)(=O)c3cccc([N+](=O)[O-])c3)cc2)cc1F. The second-order valence-corrected chi connectivity index (χ2v) is 8.27. The van der Waals surface area contributed by atoms with E-state index < -0.39 is 26.7 Å². The number of sulfonamides is 1.